The summed E-state index contributed by atoms with van der Waals surface area (Å²) in [7, 11) is 0. The number of carbonyl (C=O) groups excluding carboxylic acids is 1. The average molecular weight is 208 g/mol. The molecule has 0 saturated carbocycles. The van der Waals surface area contributed by atoms with Crippen molar-refractivity contribution in [3.05, 3.63) is 66.7 Å². The zero-order valence-electron chi connectivity index (χ0n) is 8.89. The smallest absolute Gasteiger partial charge is 0.150 e. The van der Waals surface area contributed by atoms with Crippen molar-refractivity contribution in [3.63, 3.8) is 0 Å². The third kappa shape index (κ3) is 2.09. The summed E-state index contributed by atoms with van der Waals surface area (Å²) in [6.45, 7) is 3.68. The molecule has 0 heterocycles. The lowest BCUT2D eigenvalue weighted by molar-refractivity contribution is -0.103. The second-order valence-corrected chi connectivity index (χ2v) is 3.59. The van der Waals surface area contributed by atoms with Gasteiger partial charge in [-0.3, -0.25) is 4.79 Å². The summed E-state index contributed by atoms with van der Waals surface area (Å²) in [4.78, 5) is 10.6. The van der Waals surface area contributed by atoms with Crippen molar-refractivity contribution in [1.29, 1.82) is 0 Å². The molecule has 2 rings (SSSR count). The number of benzene rings is 2. The van der Waals surface area contributed by atoms with E-state index >= 15 is 0 Å². The molecule has 1 nitrogen and oxygen atoms in total. The predicted molar refractivity (Wildman–Crippen MR) is 67.0 cm³/mol. The first-order valence-electron chi connectivity index (χ1n) is 5.11. The molecule has 0 bridgehead atoms. The molecular formula is C15H12O. The van der Waals surface area contributed by atoms with Crippen LogP contribution in [0.1, 0.15) is 5.56 Å². The summed E-state index contributed by atoms with van der Waals surface area (Å²) in [5.41, 5.74) is 3.70. The minimum atomic E-state index is 0.514. The van der Waals surface area contributed by atoms with E-state index in [4.69, 9.17) is 0 Å². The van der Waals surface area contributed by atoms with Crippen molar-refractivity contribution in [3.8, 4) is 11.1 Å². The van der Waals surface area contributed by atoms with E-state index in [0.717, 1.165) is 17.4 Å². The molecule has 0 atom stereocenters. The summed E-state index contributed by atoms with van der Waals surface area (Å²) in [6, 6.07) is 18.0. The van der Waals surface area contributed by atoms with Crippen molar-refractivity contribution in [2.45, 2.75) is 0 Å². The van der Waals surface area contributed by atoms with E-state index in [1.807, 2.05) is 42.5 Å². The fraction of sp³-hybridized carbons (Fsp3) is 0. The Morgan fingerprint density at radius 1 is 0.875 bits per heavy atom. The van der Waals surface area contributed by atoms with Crippen LogP contribution in [0.25, 0.3) is 16.7 Å². The van der Waals surface area contributed by atoms with E-state index in [2.05, 4.69) is 18.7 Å². The van der Waals surface area contributed by atoms with Gasteiger partial charge in [-0.1, -0.05) is 61.2 Å². The van der Waals surface area contributed by atoms with Crippen LogP contribution in [0.3, 0.4) is 0 Å². The van der Waals surface area contributed by atoms with Crippen molar-refractivity contribution in [2.24, 2.45) is 0 Å². The summed E-state index contributed by atoms with van der Waals surface area (Å²) >= 11 is 0. The molecule has 0 fully saturated rings. The molecule has 0 aromatic heterocycles. The fourth-order valence-corrected chi connectivity index (χ4v) is 1.58. The van der Waals surface area contributed by atoms with Gasteiger partial charge >= 0.3 is 0 Å². The SMILES string of the molecule is C=C(C=O)c1ccc(-c2ccccc2)cc1. The van der Waals surface area contributed by atoms with Gasteiger partial charge in [0.1, 0.15) is 6.29 Å². The van der Waals surface area contributed by atoms with Gasteiger partial charge in [0.05, 0.1) is 0 Å². The van der Waals surface area contributed by atoms with Gasteiger partial charge in [0.25, 0.3) is 0 Å². The molecule has 0 radical (unpaired) electrons. The summed E-state index contributed by atoms with van der Waals surface area (Å²) in [6.07, 6.45) is 0.775. The molecule has 0 unspecified atom stereocenters. The number of aldehydes is 1. The van der Waals surface area contributed by atoms with E-state index in [0.29, 0.717) is 5.57 Å². The number of hydrogen-bond acceptors (Lipinski definition) is 1. The molecule has 0 saturated heterocycles. The quantitative estimate of drug-likeness (QED) is 0.556. The predicted octanol–water partition coefficient (Wildman–Crippen LogP) is 3.57. The van der Waals surface area contributed by atoms with Gasteiger partial charge < -0.3 is 0 Å². The first-order valence-corrected chi connectivity index (χ1v) is 5.11. The van der Waals surface area contributed by atoms with Crippen LogP contribution in [0, 0.1) is 0 Å². The maximum Gasteiger partial charge on any atom is 0.150 e. The molecule has 2 aromatic carbocycles. The van der Waals surface area contributed by atoms with Gasteiger partial charge in [-0.25, -0.2) is 0 Å². The van der Waals surface area contributed by atoms with Crippen LogP contribution < -0.4 is 0 Å². The topological polar surface area (TPSA) is 17.1 Å². The summed E-state index contributed by atoms with van der Waals surface area (Å²) in [5.74, 6) is 0. The Morgan fingerprint density at radius 2 is 1.44 bits per heavy atom. The monoisotopic (exact) mass is 208 g/mol. The highest BCUT2D eigenvalue weighted by atomic mass is 16.1. The molecule has 0 N–H and O–H groups in total. The Morgan fingerprint density at radius 3 is 2.00 bits per heavy atom. The molecule has 16 heavy (non-hydrogen) atoms. The summed E-state index contributed by atoms with van der Waals surface area (Å²) < 4.78 is 0. The van der Waals surface area contributed by atoms with Crippen LogP contribution in [-0.4, -0.2) is 6.29 Å². The maximum absolute atomic E-state index is 10.6. The van der Waals surface area contributed by atoms with Crippen molar-refractivity contribution >= 4 is 11.9 Å². The highest BCUT2D eigenvalue weighted by Crippen LogP contribution is 2.20. The molecule has 2 aromatic rings. The lowest BCUT2D eigenvalue weighted by Crippen LogP contribution is -1.84. The van der Waals surface area contributed by atoms with Gasteiger partial charge in [-0.05, 0) is 16.7 Å². The average Bonchev–Trinajstić information content (AvgIpc) is 2.39. The van der Waals surface area contributed by atoms with Gasteiger partial charge in [-0.15, -0.1) is 0 Å². The lowest BCUT2D eigenvalue weighted by Gasteiger charge is -2.03. The Labute approximate surface area is 95.1 Å². The highest BCUT2D eigenvalue weighted by Gasteiger charge is 1.99. The van der Waals surface area contributed by atoms with Gasteiger partial charge in [-0.2, -0.15) is 0 Å². The number of hydrogen-bond donors (Lipinski definition) is 0. The van der Waals surface area contributed by atoms with Crippen LogP contribution in [0.2, 0.25) is 0 Å². The van der Waals surface area contributed by atoms with Gasteiger partial charge in [0.2, 0.25) is 0 Å². The van der Waals surface area contributed by atoms with Crippen molar-refractivity contribution < 1.29 is 4.79 Å². The van der Waals surface area contributed by atoms with E-state index in [-0.39, 0.29) is 0 Å². The minimum absolute atomic E-state index is 0.514. The molecule has 0 aliphatic carbocycles. The van der Waals surface area contributed by atoms with Crippen LogP contribution in [0.5, 0.6) is 0 Å². The fourth-order valence-electron chi connectivity index (χ4n) is 1.58. The Bertz CT molecular complexity index is 495. The largest absolute Gasteiger partial charge is 0.298 e. The van der Waals surface area contributed by atoms with Crippen LogP contribution >= 0.6 is 0 Å². The Kier molecular flexibility index (Phi) is 2.97. The van der Waals surface area contributed by atoms with Crippen LogP contribution in [0.4, 0.5) is 0 Å². The molecule has 0 spiro atoms. The molecule has 78 valence electrons. The van der Waals surface area contributed by atoms with Gasteiger partial charge in [0, 0.05) is 5.57 Å². The molecular weight excluding hydrogens is 196 g/mol. The van der Waals surface area contributed by atoms with E-state index in [1.165, 1.54) is 5.56 Å². The zero-order chi connectivity index (χ0) is 11.4. The van der Waals surface area contributed by atoms with Crippen LogP contribution in [-0.2, 0) is 4.79 Å². The molecule has 1 heteroatoms. The lowest BCUT2D eigenvalue weighted by atomic mass is 10.0. The second-order valence-electron chi connectivity index (χ2n) is 3.59. The second kappa shape index (κ2) is 4.58. The maximum atomic E-state index is 10.6. The number of allylic oxidation sites excluding steroid dienone is 1. The third-order valence-corrected chi connectivity index (χ3v) is 2.51. The number of carbonyl (C=O) groups is 1. The molecule has 0 amide bonds. The molecule has 0 aliphatic heterocycles. The summed E-state index contributed by atoms with van der Waals surface area (Å²) in [5, 5.41) is 0. The van der Waals surface area contributed by atoms with Crippen LogP contribution in [0.15, 0.2) is 61.2 Å². The van der Waals surface area contributed by atoms with E-state index < -0.39 is 0 Å². The molecule has 0 aliphatic rings. The standard InChI is InChI=1S/C15H12O/c1-12(11-16)13-7-9-15(10-8-13)14-5-3-2-4-6-14/h2-11H,1H2. The van der Waals surface area contributed by atoms with E-state index in [9.17, 15) is 4.79 Å². The first-order chi connectivity index (χ1) is 7.81. The highest BCUT2D eigenvalue weighted by molar-refractivity contribution is 6.05. The number of rotatable bonds is 3. The first kappa shape index (κ1) is 10.4. The third-order valence-electron chi connectivity index (χ3n) is 2.51. The normalized spacial score (nSPS) is 9.75. The van der Waals surface area contributed by atoms with Crippen molar-refractivity contribution in [1.82, 2.24) is 0 Å². The Hall–Kier alpha value is -2.15. The van der Waals surface area contributed by atoms with Crippen molar-refractivity contribution in [2.75, 3.05) is 0 Å². The van der Waals surface area contributed by atoms with Gasteiger partial charge in [0.15, 0.2) is 0 Å². The van der Waals surface area contributed by atoms with E-state index in [1.54, 1.807) is 0 Å². The zero-order valence-corrected chi connectivity index (χ0v) is 8.89. The minimum Gasteiger partial charge on any atom is -0.298 e. The Balaban J connectivity index is 2.33.